The zero-order valence-electron chi connectivity index (χ0n) is 11.5. The number of ether oxygens (including phenoxy) is 2. The number of aromatic nitrogens is 1. The molecule has 2 aromatic rings. The Hall–Kier alpha value is -2.83. The topological polar surface area (TPSA) is 86.5 Å². The minimum atomic E-state index is -0.857. The average Bonchev–Trinajstić information content (AvgIpc) is 2.49. The van der Waals surface area contributed by atoms with Crippen LogP contribution in [0.1, 0.15) is 10.4 Å². The summed E-state index contributed by atoms with van der Waals surface area (Å²) in [5.74, 6) is -0.827. The van der Waals surface area contributed by atoms with Crippen LogP contribution in [0.2, 0.25) is 0 Å². The van der Waals surface area contributed by atoms with Gasteiger partial charge in [0.25, 0.3) is 5.91 Å². The molecule has 0 aliphatic carbocycles. The maximum absolute atomic E-state index is 13.7. The summed E-state index contributed by atoms with van der Waals surface area (Å²) < 4.78 is 23.9. The third-order valence-electron chi connectivity index (χ3n) is 2.77. The van der Waals surface area contributed by atoms with Crippen molar-refractivity contribution in [1.29, 1.82) is 0 Å². The fourth-order valence-electron chi connectivity index (χ4n) is 1.71. The molecule has 1 heterocycles. The van der Waals surface area contributed by atoms with E-state index in [2.05, 4.69) is 10.3 Å². The lowest BCUT2D eigenvalue weighted by atomic mass is 10.2. The van der Waals surface area contributed by atoms with Crippen LogP contribution in [0.4, 0.5) is 15.9 Å². The van der Waals surface area contributed by atoms with E-state index in [0.29, 0.717) is 17.2 Å². The van der Waals surface area contributed by atoms with Crippen LogP contribution < -0.4 is 20.5 Å². The van der Waals surface area contributed by atoms with Crippen molar-refractivity contribution in [2.75, 3.05) is 25.3 Å². The van der Waals surface area contributed by atoms with Gasteiger partial charge in [0.1, 0.15) is 11.5 Å². The van der Waals surface area contributed by atoms with Gasteiger partial charge in [-0.1, -0.05) is 0 Å². The van der Waals surface area contributed by atoms with Crippen LogP contribution in [0.5, 0.6) is 11.5 Å². The predicted octanol–water partition coefficient (Wildman–Crippen LogP) is 2.07. The first-order valence-corrected chi connectivity index (χ1v) is 5.99. The zero-order valence-corrected chi connectivity index (χ0v) is 11.5. The number of methoxy groups -OCH3 is 2. The summed E-state index contributed by atoms with van der Waals surface area (Å²) in [4.78, 5) is 15.6. The van der Waals surface area contributed by atoms with Crippen LogP contribution in [-0.4, -0.2) is 25.1 Å². The Bertz CT molecular complexity index is 654. The first kappa shape index (κ1) is 14.6. The van der Waals surface area contributed by atoms with Gasteiger partial charge >= 0.3 is 0 Å². The molecular weight excluding hydrogens is 277 g/mol. The Labute approximate surface area is 120 Å². The number of nitrogen functional groups attached to an aromatic ring is 1. The standard InChI is InChI=1S/C14H14FN3O3/c1-20-9-5-8(6-10(7-9)21-2)18-14(19)11-3-4-17-13(16)12(11)15/h3-7H,1-2H3,(H2,16,17)(H,18,19). The van der Waals surface area contributed by atoms with E-state index in [4.69, 9.17) is 15.2 Å². The lowest BCUT2D eigenvalue weighted by Gasteiger charge is -2.10. The highest BCUT2D eigenvalue weighted by Crippen LogP contribution is 2.26. The monoisotopic (exact) mass is 291 g/mol. The third-order valence-corrected chi connectivity index (χ3v) is 2.77. The maximum Gasteiger partial charge on any atom is 0.258 e. The van der Waals surface area contributed by atoms with Crippen LogP contribution in [0.3, 0.4) is 0 Å². The van der Waals surface area contributed by atoms with Gasteiger partial charge in [-0.3, -0.25) is 4.79 Å². The maximum atomic E-state index is 13.7. The van der Waals surface area contributed by atoms with E-state index in [0.717, 1.165) is 0 Å². The Balaban J connectivity index is 2.29. The Morgan fingerprint density at radius 1 is 1.24 bits per heavy atom. The van der Waals surface area contributed by atoms with Gasteiger partial charge in [-0.05, 0) is 6.07 Å². The largest absolute Gasteiger partial charge is 0.497 e. The molecule has 7 heteroatoms. The molecule has 2 rings (SSSR count). The molecular formula is C14H14FN3O3. The molecule has 0 fully saturated rings. The number of anilines is 2. The quantitative estimate of drug-likeness (QED) is 0.900. The van der Waals surface area contributed by atoms with Gasteiger partial charge in [-0.15, -0.1) is 0 Å². The molecule has 0 atom stereocenters. The molecule has 1 aromatic heterocycles. The second-order valence-corrected chi connectivity index (χ2v) is 4.11. The van der Waals surface area contributed by atoms with Crippen LogP contribution in [0.15, 0.2) is 30.5 Å². The Morgan fingerprint density at radius 2 is 1.86 bits per heavy atom. The molecule has 0 spiro atoms. The Morgan fingerprint density at radius 3 is 2.43 bits per heavy atom. The van der Waals surface area contributed by atoms with Crippen molar-refractivity contribution in [3.8, 4) is 11.5 Å². The van der Waals surface area contributed by atoms with Gasteiger partial charge in [0, 0.05) is 30.1 Å². The molecule has 0 aliphatic heterocycles. The summed E-state index contributed by atoms with van der Waals surface area (Å²) in [5.41, 5.74) is 5.55. The fraction of sp³-hybridized carbons (Fsp3) is 0.143. The van der Waals surface area contributed by atoms with E-state index in [1.165, 1.54) is 26.5 Å². The first-order chi connectivity index (χ1) is 10.0. The molecule has 110 valence electrons. The SMILES string of the molecule is COc1cc(NC(=O)c2ccnc(N)c2F)cc(OC)c1. The van der Waals surface area contributed by atoms with E-state index in [1.807, 2.05) is 0 Å². The van der Waals surface area contributed by atoms with Crippen molar-refractivity contribution >= 4 is 17.4 Å². The number of pyridine rings is 1. The zero-order chi connectivity index (χ0) is 15.4. The second-order valence-electron chi connectivity index (χ2n) is 4.11. The molecule has 21 heavy (non-hydrogen) atoms. The molecule has 0 unspecified atom stereocenters. The van der Waals surface area contributed by atoms with Crippen molar-refractivity contribution < 1.29 is 18.7 Å². The van der Waals surface area contributed by atoms with E-state index in [1.54, 1.807) is 18.2 Å². The van der Waals surface area contributed by atoms with E-state index < -0.39 is 11.7 Å². The number of rotatable bonds is 4. The summed E-state index contributed by atoms with van der Waals surface area (Å²) in [5, 5.41) is 2.55. The third kappa shape index (κ3) is 3.19. The van der Waals surface area contributed by atoms with E-state index in [9.17, 15) is 9.18 Å². The molecule has 3 N–H and O–H groups in total. The van der Waals surface area contributed by atoms with E-state index in [-0.39, 0.29) is 11.4 Å². The molecule has 0 saturated carbocycles. The number of halogens is 1. The average molecular weight is 291 g/mol. The minimum absolute atomic E-state index is 0.190. The number of nitrogens with zero attached hydrogens (tertiary/aromatic N) is 1. The van der Waals surface area contributed by atoms with Gasteiger partial charge in [-0.25, -0.2) is 9.37 Å². The number of amides is 1. The number of nitrogens with two attached hydrogens (primary N) is 1. The van der Waals surface area contributed by atoms with Crippen molar-refractivity contribution in [2.24, 2.45) is 0 Å². The van der Waals surface area contributed by atoms with Crippen molar-refractivity contribution in [3.63, 3.8) is 0 Å². The minimum Gasteiger partial charge on any atom is -0.497 e. The normalized spacial score (nSPS) is 10.0. The van der Waals surface area contributed by atoms with Gasteiger partial charge in [-0.2, -0.15) is 0 Å². The fourth-order valence-corrected chi connectivity index (χ4v) is 1.71. The lowest BCUT2D eigenvalue weighted by molar-refractivity contribution is 0.102. The van der Waals surface area contributed by atoms with Crippen molar-refractivity contribution in [3.05, 3.63) is 41.8 Å². The molecule has 1 amide bonds. The van der Waals surface area contributed by atoms with Crippen LogP contribution in [0, 0.1) is 5.82 Å². The number of nitrogens with one attached hydrogen (secondary N) is 1. The summed E-state index contributed by atoms with van der Waals surface area (Å²) in [6.07, 6.45) is 1.26. The lowest BCUT2D eigenvalue weighted by Crippen LogP contribution is -2.15. The highest BCUT2D eigenvalue weighted by Gasteiger charge is 2.15. The number of benzene rings is 1. The molecule has 1 aromatic carbocycles. The van der Waals surface area contributed by atoms with Crippen molar-refractivity contribution in [2.45, 2.75) is 0 Å². The molecule has 0 saturated heterocycles. The number of hydrogen-bond acceptors (Lipinski definition) is 5. The summed E-state index contributed by atoms with van der Waals surface area (Å²) in [7, 11) is 2.98. The first-order valence-electron chi connectivity index (χ1n) is 5.99. The number of carbonyl (C=O) groups is 1. The van der Waals surface area contributed by atoms with Gasteiger partial charge < -0.3 is 20.5 Å². The highest BCUT2D eigenvalue weighted by atomic mass is 19.1. The van der Waals surface area contributed by atoms with Crippen LogP contribution in [0.25, 0.3) is 0 Å². The summed E-state index contributed by atoms with van der Waals surface area (Å²) in [6, 6.07) is 6.07. The van der Waals surface area contributed by atoms with Crippen LogP contribution >= 0.6 is 0 Å². The van der Waals surface area contributed by atoms with Crippen molar-refractivity contribution in [1.82, 2.24) is 4.98 Å². The van der Waals surface area contributed by atoms with Gasteiger partial charge in [0.15, 0.2) is 11.6 Å². The van der Waals surface area contributed by atoms with Gasteiger partial charge in [0.2, 0.25) is 0 Å². The number of hydrogen-bond donors (Lipinski definition) is 2. The second kappa shape index (κ2) is 6.08. The predicted molar refractivity (Wildman–Crippen MR) is 76.1 cm³/mol. The summed E-state index contributed by atoms with van der Waals surface area (Å²) >= 11 is 0. The number of carbonyl (C=O) groups excluding carboxylic acids is 1. The Kier molecular flexibility index (Phi) is 4.22. The smallest absolute Gasteiger partial charge is 0.258 e. The molecule has 6 nitrogen and oxygen atoms in total. The molecule has 0 bridgehead atoms. The summed E-state index contributed by atoms with van der Waals surface area (Å²) in [6.45, 7) is 0. The molecule has 0 aliphatic rings. The molecule has 0 radical (unpaired) electrons. The highest BCUT2D eigenvalue weighted by molar-refractivity contribution is 6.05. The van der Waals surface area contributed by atoms with Gasteiger partial charge in [0.05, 0.1) is 19.8 Å². The van der Waals surface area contributed by atoms with E-state index >= 15 is 0 Å². The van der Waals surface area contributed by atoms with Crippen LogP contribution in [-0.2, 0) is 0 Å².